The Balaban J connectivity index is 1.57. The summed E-state index contributed by atoms with van der Waals surface area (Å²) in [5, 5.41) is 4.21. The third kappa shape index (κ3) is 4.50. The molecule has 4 rings (SSSR count). The molecule has 1 aliphatic rings. The smallest absolute Gasteiger partial charge is 0.244 e. The number of likely N-dealkylation sites (N-methyl/N-ethyl adjacent to an activating group) is 1. The third-order valence-electron chi connectivity index (χ3n) is 6.07. The van der Waals surface area contributed by atoms with E-state index in [2.05, 4.69) is 77.8 Å². The molecule has 0 spiro atoms. The zero-order valence-corrected chi connectivity index (χ0v) is 18.7. The maximum Gasteiger partial charge on any atom is 0.244 e. The topological polar surface area (TPSA) is 44.7 Å². The molecule has 1 heterocycles. The van der Waals surface area contributed by atoms with Gasteiger partial charge in [-0.3, -0.25) is 4.79 Å². The molecule has 1 atom stereocenters. The average Bonchev–Trinajstić information content (AvgIpc) is 3.05. The van der Waals surface area contributed by atoms with Crippen molar-refractivity contribution in [2.75, 3.05) is 11.4 Å². The van der Waals surface area contributed by atoms with Crippen molar-refractivity contribution < 1.29 is 4.79 Å². The number of benzene rings is 3. The Morgan fingerprint density at radius 2 is 1.56 bits per heavy atom. The van der Waals surface area contributed by atoms with Crippen LogP contribution in [0.4, 0.5) is 5.69 Å². The van der Waals surface area contributed by atoms with Crippen molar-refractivity contribution in [2.45, 2.75) is 32.1 Å². The van der Waals surface area contributed by atoms with Crippen molar-refractivity contribution in [3.05, 3.63) is 113 Å². The standard InChI is InChI=1S/C28H29N3O/c1-3-31-25-17-11-10-16-24(25)28(2,21-23-14-8-5-9-15-23)26(31)18-19-29-30-27(32)20-22-12-6-4-7-13-22/h4-19H,3,20-21H2,1-2H3,(H,30,32)/b26-18-,29-19+. The van der Waals surface area contributed by atoms with E-state index in [0.29, 0.717) is 6.42 Å². The van der Waals surface area contributed by atoms with Gasteiger partial charge in [0.2, 0.25) is 5.91 Å². The fourth-order valence-corrected chi connectivity index (χ4v) is 4.58. The lowest BCUT2D eigenvalue weighted by Gasteiger charge is -2.30. The number of hydrogen-bond acceptors (Lipinski definition) is 3. The highest BCUT2D eigenvalue weighted by Crippen LogP contribution is 2.49. The van der Waals surface area contributed by atoms with Crippen LogP contribution in [0.5, 0.6) is 0 Å². The van der Waals surface area contributed by atoms with Crippen LogP contribution in [0.3, 0.4) is 0 Å². The molecule has 0 radical (unpaired) electrons. The molecule has 3 aromatic carbocycles. The van der Waals surface area contributed by atoms with Gasteiger partial charge in [-0.25, -0.2) is 5.43 Å². The minimum absolute atomic E-state index is 0.125. The van der Waals surface area contributed by atoms with Gasteiger partial charge in [-0.1, -0.05) is 78.9 Å². The average molecular weight is 424 g/mol. The number of hydrazone groups is 1. The van der Waals surface area contributed by atoms with Gasteiger partial charge in [0.1, 0.15) is 0 Å². The molecule has 0 saturated carbocycles. The van der Waals surface area contributed by atoms with Gasteiger partial charge in [0.05, 0.1) is 6.42 Å². The van der Waals surface area contributed by atoms with Crippen molar-refractivity contribution in [1.29, 1.82) is 0 Å². The first-order valence-electron chi connectivity index (χ1n) is 11.1. The Kier molecular flexibility index (Phi) is 6.50. The molecular weight excluding hydrogens is 394 g/mol. The molecule has 32 heavy (non-hydrogen) atoms. The lowest BCUT2D eigenvalue weighted by atomic mass is 9.76. The number of amides is 1. The second-order valence-corrected chi connectivity index (χ2v) is 8.28. The Morgan fingerprint density at radius 1 is 0.938 bits per heavy atom. The van der Waals surface area contributed by atoms with E-state index in [1.54, 1.807) is 6.21 Å². The number of carbonyl (C=O) groups excluding carboxylic acids is 1. The number of anilines is 1. The second kappa shape index (κ2) is 9.65. The van der Waals surface area contributed by atoms with Crippen molar-refractivity contribution in [2.24, 2.45) is 5.10 Å². The van der Waals surface area contributed by atoms with Crippen molar-refractivity contribution >= 4 is 17.8 Å². The SMILES string of the molecule is CCN1/C(=C\C=N\NC(=O)Cc2ccccc2)C(C)(Cc2ccccc2)c2ccccc21. The number of hydrogen-bond donors (Lipinski definition) is 1. The normalized spacial score (nSPS) is 18.8. The fraction of sp³-hybridized carbons (Fsp3) is 0.214. The number of para-hydroxylation sites is 1. The van der Waals surface area contributed by atoms with E-state index < -0.39 is 0 Å². The molecule has 1 amide bonds. The van der Waals surface area contributed by atoms with Crippen molar-refractivity contribution in [1.82, 2.24) is 5.43 Å². The van der Waals surface area contributed by atoms with Crippen LogP contribution in [-0.2, 0) is 23.1 Å². The highest BCUT2D eigenvalue weighted by Gasteiger charge is 2.42. The van der Waals surface area contributed by atoms with E-state index in [1.165, 1.54) is 22.5 Å². The van der Waals surface area contributed by atoms with E-state index >= 15 is 0 Å². The highest BCUT2D eigenvalue weighted by molar-refractivity contribution is 5.82. The van der Waals surface area contributed by atoms with Crippen LogP contribution in [0.15, 0.2) is 102 Å². The zero-order chi connectivity index (χ0) is 22.4. The molecule has 0 bridgehead atoms. The van der Waals surface area contributed by atoms with Crippen LogP contribution in [0, 0.1) is 0 Å². The molecule has 0 saturated heterocycles. The Morgan fingerprint density at radius 3 is 2.25 bits per heavy atom. The van der Waals surface area contributed by atoms with E-state index in [1.807, 2.05) is 42.5 Å². The van der Waals surface area contributed by atoms with Gasteiger partial charge in [-0.05, 0) is 49.1 Å². The number of carbonyl (C=O) groups is 1. The first-order valence-corrected chi connectivity index (χ1v) is 11.1. The molecule has 1 aliphatic heterocycles. The number of allylic oxidation sites excluding steroid dienone is 2. The predicted octanol–water partition coefficient (Wildman–Crippen LogP) is 5.26. The maximum absolute atomic E-state index is 12.2. The maximum atomic E-state index is 12.2. The summed E-state index contributed by atoms with van der Waals surface area (Å²) in [5.41, 5.74) is 8.47. The van der Waals surface area contributed by atoms with Gasteiger partial charge in [-0.15, -0.1) is 0 Å². The van der Waals surface area contributed by atoms with Gasteiger partial charge in [0.15, 0.2) is 0 Å². The van der Waals surface area contributed by atoms with Crippen LogP contribution in [0.2, 0.25) is 0 Å². The lowest BCUT2D eigenvalue weighted by molar-refractivity contribution is -0.120. The van der Waals surface area contributed by atoms with E-state index in [4.69, 9.17) is 0 Å². The molecule has 0 aliphatic carbocycles. The molecule has 0 aromatic heterocycles. The van der Waals surface area contributed by atoms with Gasteiger partial charge in [-0.2, -0.15) is 5.10 Å². The largest absolute Gasteiger partial charge is 0.344 e. The van der Waals surface area contributed by atoms with Gasteiger partial charge in [0.25, 0.3) is 0 Å². The van der Waals surface area contributed by atoms with Crippen LogP contribution in [0.25, 0.3) is 0 Å². The molecule has 1 unspecified atom stereocenters. The van der Waals surface area contributed by atoms with E-state index in [0.717, 1.165) is 18.5 Å². The van der Waals surface area contributed by atoms with Crippen molar-refractivity contribution in [3.8, 4) is 0 Å². The summed E-state index contributed by atoms with van der Waals surface area (Å²) >= 11 is 0. The number of rotatable bonds is 7. The molecule has 162 valence electrons. The molecule has 0 fully saturated rings. The minimum Gasteiger partial charge on any atom is -0.344 e. The van der Waals surface area contributed by atoms with Crippen LogP contribution in [-0.4, -0.2) is 18.7 Å². The zero-order valence-electron chi connectivity index (χ0n) is 18.7. The number of fused-ring (bicyclic) bond motifs is 1. The number of nitrogens with zero attached hydrogens (tertiary/aromatic N) is 2. The predicted molar refractivity (Wildman–Crippen MR) is 132 cm³/mol. The molecule has 4 nitrogen and oxygen atoms in total. The van der Waals surface area contributed by atoms with Crippen molar-refractivity contribution in [3.63, 3.8) is 0 Å². The fourth-order valence-electron chi connectivity index (χ4n) is 4.58. The van der Waals surface area contributed by atoms with Crippen LogP contribution in [0.1, 0.15) is 30.5 Å². The van der Waals surface area contributed by atoms with E-state index in [-0.39, 0.29) is 11.3 Å². The Bertz CT molecular complexity index is 1120. The molecular formula is C28H29N3O. The molecule has 3 aromatic rings. The first-order chi connectivity index (χ1) is 15.6. The molecule has 4 heteroatoms. The van der Waals surface area contributed by atoms with Crippen LogP contribution >= 0.6 is 0 Å². The summed E-state index contributed by atoms with van der Waals surface area (Å²) in [6, 6.07) is 28.9. The first kappa shape index (κ1) is 21.6. The minimum atomic E-state index is -0.186. The Labute approximate surface area is 190 Å². The quantitative estimate of drug-likeness (QED) is 0.416. The summed E-state index contributed by atoms with van der Waals surface area (Å²) in [7, 11) is 0. The Hall–Kier alpha value is -3.66. The van der Waals surface area contributed by atoms with Gasteiger partial charge < -0.3 is 4.90 Å². The molecule has 1 N–H and O–H groups in total. The summed E-state index contributed by atoms with van der Waals surface area (Å²) in [5.74, 6) is -0.125. The van der Waals surface area contributed by atoms with Gasteiger partial charge in [0, 0.05) is 29.6 Å². The lowest BCUT2D eigenvalue weighted by Crippen LogP contribution is -2.30. The van der Waals surface area contributed by atoms with Gasteiger partial charge >= 0.3 is 0 Å². The summed E-state index contributed by atoms with van der Waals surface area (Å²) in [6.45, 7) is 5.32. The third-order valence-corrected chi connectivity index (χ3v) is 6.07. The second-order valence-electron chi connectivity index (χ2n) is 8.28. The highest BCUT2D eigenvalue weighted by atomic mass is 16.2. The summed E-state index contributed by atoms with van der Waals surface area (Å²) in [4.78, 5) is 14.6. The van der Waals surface area contributed by atoms with E-state index in [9.17, 15) is 4.79 Å². The number of nitrogens with one attached hydrogen (secondary N) is 1. The van der Waals surface area contributed by atoms with Crippen LogP contribution < -0.4 is 10.3 Å². The summed E-state index contributed by atoms with van der Waals surface area (Å²) < 4.78 is 0. The monoisotopic (exact) mass is 423 g/mol. The summed E-state index contributed by atoms with van der Waals surface area (Å²) in [6.07, 6.45) is 4.94.